The quantitative estimate of drug-likeness (QED) is 0.501. The Labute approximate surface area is 168 Å². The summed E-state index contributed by atoms with van der Waals surface area (Å²) in [5.74, 6) is 0.379. The molecule has 1 aliphatic heterocycles. The van der Waals surface area contributed by atoms with Crippen LogP contribution in [-0.4, -0.2) is 60.0 Å². The highest BCUT2D eigenvalue weighted by Gasteiger charge is 2.18. The molecule has 8 heteroatoms. The molecule has 0 atom stereocenters. The minimum Gasteiger partial charge on any atom is -0.422 e. The molecule has 3 aromatic rings. The van der Waals surface area contributed by atoms with Gasteiger partial charge in [-0.3, -0.25) is 9.69 Å². The molecule has 0 aliphatic carbocycles. The molecule has 1 fully saturated rings. The van der Waals surface area contributed by atoms with Gasteiger partial charge < -0.3 is 14.6 Å². The molecule has 8 nitrogen and oxygen atoms in total. The van der Waals surface area contributed by atoms with Crippen molar-refractivity contribution in [3.63, 3.8) is 0 Å². The van der Waals surface area contributed by atoms with Crippen LogP contribution in [-0.2, 0) is 0 Å². The highest BCUT2D eigenvalue weighted by Crippen LogP contribution is 2.13. The van der Waals surface area contributed by atoms with Crippen LogP contribution >= 0.6 is 0 Å². The van der Waals surface area contributed by atoms with Gasteiger partial charge in [-0.2, -0.15) is 0 Å². The zero-order chi connectivity index (χ0) is 20.1. The number of anilines is 1. The lowest BCUT2D eigenvalue weighted by atomic mass is 10.2. The molecule has 29 heavy (non-hydrogen) atoms. The number of aromatic nitrogens is 2. The van der Waals surface area contributed by atoms with Gasteiger partial charge in [0, 0.05) is 50.5 Å². The van der Waals surface area contributed by atoms with E-state index < -0.39 is 11.5 Å². The van der Waals surface area contributed by atoms with Crippen molar-refractivity contribution in [2.24, 2.45) is 0 Å². The molecule has 150 valence electrons. The van der Waals surface area contributed by atoms with Crippen LogP contribution in [0.1, 0.15) is 16.8 Å². The van der Waals surface area contributed by atoms with Crippen LogP contribution in [0.25, 0.3) is 11.0 Å². The maximum Gasteiger partial charge on any atom is 0.349 e. The second kappa shape index (κ2) is 8.83. The van der Waals surface area contributed by atoms with E-state index in [4.69, 9.17) is 4.42 Å². The van der Waals surface area contributed by atoms with Crippen molar-refractivity contribution in [3.05, 3.63) is 64.8 Å². The van der Waals surface area contributed by atoms with Gasteiger partial charge in [-0.05, 0) is 31.2 Å². The predicted molar refractivity (Wildman–Crippen MR) is 110 cm³/mol. The lowest BCUT2D eigenvalue weighted by molar-refractivity contribution is 0.0948. The van der Waals surface area contributed by atoms with E-state index in [1.165, 1.54) is 0 Å². The summed E-state index contributed by atoms with van der Waals surface area (Å²) in [6, 6.07) is 10.6. The van der Waals surface area contributed by atoms with E-state index in [-0.39, 0.29) is 5.56 Å². The Balaban J connectivity index is 1.23. The van der Waals surface area contributed by atoms with Crippen LogP contribution in [0.2, 0.25) is 0 Å². The average Bonchev–Trinajstić information content (AvgIpc) is 2.77. The molecule has 1 amide bonds. The van der Waals surface area contributed by atoms with E-state index >= 15 is 0 Å². The molecule has 3 heterocycles. The van der Waals surface area contributed by atoms with E-state index in [2.05, 4.69) is 25.1 Å². The summed E-state index contributed by atoms with van der Waals surface area (Å²) in [7, 11) is 0. The Hall–Kier alpha value is -3.26. The zero-order valence-corrected chi connectivity index (χ0v) is 16.1. The fourth-order valence-electron chi connectivity index (χ4n) is 3.45. The third-order valence-corrected chi connectivity index (χ3v) is 5.03. The molecule has 0 bridgehead atoms. The summed E-state index contributed by atoms with van der Waals surface area (Å²) in [6.07, 6.45) is 4.33. The van der Waals surface area contributed by atoms with Crippen molar-refractivity contribution in [3.8, 4) is 0 Å². The zero-order valence-electron chi connectivity index (χ0n) is 16.1. The monoisotopic (exact) mass is 393 g/mol. The number of benzene rings is 1. The van der Waals surface area contributed by atoms with Crippen LogP contribution < -0.4 is 15.8 Å². The summed E-state index contributed by atoms with van der Waals surface area (Å²) < 4.78 is 5.22. The fourth-order valence-corrected chi connectivity index (χ4v) is 3.45. The van der Waals surface area contributed by atoms with E-state index in [9.17, 15) is 9.59 Å². The van der Waals surface area contributed by atoms with Gasteiger partial charge in [-0.15, -0.1) is 0 Å². The molecule has 1 N–H and O–H groups in total. The molecular weight excluding hydrogens is 370 g/mol. The third-order valence-electron chi connectivity index (χ3n) is 5.03. The number of piperazine rings is 1. The smallest absolute Gasteiger partial charge is 0.349 e. The first-order chi connectivity index (χ1) is 14.2. The molecule has 0 unspecified atom stereocenters. The molecule has 2 aromatic heterocycles. The molecule has 1 aromatic carbocycles. The molecular formula is C21H23N5O3. The van der Waals surface area contributed by atoms with Gasteiger partial charge in [-0.1, -0.05) is 18.2 Å². The van der Waals surface area contributed by atoms with Crippen LogP contribution in [0.3, 0.4) is 0 Å². The SMILES string of the molecule is O=C(NCCCN1CCN(c2ncccn2)CC1)c1cc2ccccc2oc1=O. The number of nitrogens with one attached hydrogen (secondary N) is 1. The molecule has 0 saturated carbocycles. The van der Waals surface area contributed by atoms with Crippen LogP contribution in [0.5, 0.6) is 0 Å². The summed E-state index contributed by atoms with van der Waals surface area (Å²) in [5.41, 5.74) is -0.0882. The van der Waals surface area contributed by atoms with Gasteiger partial charge in [0.05, 0.1) is 0 Å². The Morgan fingerprint density at radius 3 is 2.62 bits per heavy atom. The summed E-state index contributed by atoms with van der Waals surface area (Å²) in [6.45, 7) is 5.02. The van der Waals surface area contributed by atoms with Crippen LogP contribution in [0, 0.1) is 0 Å². The number of hydrogen-bond donors (Lipinski definition) is 1. The highest BCUT2D eigenvalue weighted by atomic mass is 16.4. The van der Waals surface area contributed by atoms with Gasteiger partial charge in [0.2, 0.25) is 5.95 Å². The summed E-state index contributed by atoms with van der Waals surface area (Å²) >= 11 is 0. The van der Waals surface area contributed by atoms with E-state index in [0.717, 1.165) is 50.5 Å². The average molecular weight is 393 g/mol. The number of amides is 1. The topological polar surface area (TPSA) is 91.6 Å². The van der Waals surface area contributed by atoms with Gasteiger partial charge >= 0.3 is 5.63 Å². The molecule has 4 rings (SSSR count). The number of carbonyl (C=O) groups excluding carboxylic acids is 1. The van der Waals surface area contributed by atoms with Gasteiger partial charge in [0.1, 0.15) is 11.1 Å². The normalized spacial score (nSPS) is 14.8. The number of hydrogen-bond acceptors (Lipinski definition) is 7. The fraction of sp³-hybridized carbons (Fsp3) is 0.333. The van der Waals surface area contributed by atoms with Crippen molar-refractivity contribution < 1.29 is 9.21 Å². The third kappa shape index (κ3) is 4.60. The first-order valence-corrected chi connectivity index (χ1v) is 9.76. The standard InChI is InChI=1S/C21H23N5O3/c27-19(17-15-16-5-1-2-6-18(16)29-20(17)28)22-9-4-10-25-11-13-26(14-12-25)21-23-7-3-8-24-21/h1-3,5-8,15H,4,9-14H2,(H,22,27). The Kier molecular flexibility index (Phi) is 5.81. The van der Waals surface area contributed by atoms with Crippen LogP contribution in [0.4, 0.5) is 5.95 Å². The summed E-state index contributed by atoms with van der Waals surface area (Å²) in [4.78, 5) is 37.5. The first-order valence-electron chi connectivity index (χ1n) is 9.76. The first kappa shape index (κ1) is 19.1. The molecule has 1 saturated heterocycles. The maximum atomic E-state index is 12.4. The number of rotatable bonds is 6. The minimum atomic E-state index is -0.611. The molecule has 0 radical (unpaired) electrons. The van der Waals surface area contributed by atoms with E-state index in [0.29, 0.717) is 12.1 Å². The second-order valence-electron chi connectivity index (χ2n) is 6.97. The molecule has 0 spiro atoms. The second-order valence-corrected chi connectivity index (χ2v) is 6.97. The highest BCUT2D eigenvalue weighted by molar-refractivity contribution is 5.96. The Bertz CT molecular complexity index is 1030. The largest absolute Gasteiger partial charge is 0.422 e. The lowest BCUT2D eigenvalue weighted by Crippen LogP contribution is -2.47. The Morgan fingerprint density at radius 2 is 1.83 bits per heavy atom. The minimum absolute atomic E-state index is 0.0418. The van der Waals surface area contributed by atoms with Gasteiger partial charge in [0.25, 0.3) is 5.91 Å². The lowest BCUT2D eigenvalue weighted by Gasteiger charge is -2.34. The van der Waals surface area contributed by atoms with Crippen LogP contribution in [0.15, 0.2) is 58.0 Å². The predicted octanol–water partition coefficient (Wildman–Crippen LogP) is 1.53. The molecule has 1 aliphatic rings. The number of carbonyl (C=O) groups is 1. The van der Waals surface area contributed by atoms with E-state index in [1.807, 2.05) is 18.2 Å². The van der Waals surface area contributed by atoms with E-state index in [1.54, 1.807) is 30.6 Å². The summed E-state index contributed by atoms with van der Waals surface area (Å²) in [5, 5.41) is 3.56. The van der Waals surface area contributed by atoms with Crippen molar-refractivity contribution in [2.45, 2.75) is 6.42 Å². The number of nitrogens with zero attached hydrogens (tertiary/aromatic N) is 4. The number of para-hydroxylation sites is 1. The number of fused-ring (bicyclic) bond motifs is 1. The maximum absolute atomic E-state index is 12.4. The van der Waals surface area contributed by atoms with Crippen molar-refractivity contribution in [2.75, 3.05) is 44.2 Å². The van der Waals surface area contributed by atoms with Gasteiger partial charge in [-0.25, -0.2) is 14.8 Å². The van der Waals surface area contributed by atoms with Crippen molar-refractivity contribution in [1.82, 2.24) is 20.2 Å². The Morgan fingerprint density at radius 1 is 1.07 bits per heavy atom. The van der Waals surface area contributed by atoms with Gasteiger partial charge in [0.15, 0.2) is 0 Å². The van der Waals surface area contributed by atoms with Crippen molar-refractivity contribution >= 4 is 22.8 Å². The van der Waals surface area contributed by atoms with Crippen molar-refractivity contribution in [1.29, 1.82) is 0 Å².